The molecule has 1 atom stereocenters. The summed E-state index contributed by atoms with van der Waals surface area (Å²) in [6.07, 6.45) is 2.73. The summed E-state index contributed by atoms with van der Waals surface area (Å²) in [6, 6.07) is 19.1. The number of rotatable bonds is 8. The van der Waals surface area contributed by atoms with E-state index in [1.54, 1.807) is 18.3 Å². The number of carbonyl (C=O) groups is 1. The maximum Gasteiger partial charge on any atom is 0.251 e. The Bertz CT molecular complexity index is 1160. The first-order chi connectivity index (χ1) is 15.2. The van der Waals surface area contributed by atoms with Gasteiger partial charge in [-0.15, -0.1) is 0 Å². The SMILES string of the molecule is CC[C@@H](C)c1nc(NCCNC(=O)c2ccccc2)c2cnn(-c3ccccc3)c2n1. The van der Waals surface area contributed by atoms with Crippen LogP contribution in [-0.2, 0) is 0 Å². The summed E-state index contributed by atoms with van der Waals surface area (Å²) < 4.78 is 1.84. The summed E-state index contributed by atoms with van der Waals surface area (Å²) in [5.41, 5.74) is 2.37. The second-order valence-electron chi connectivity index (χ2n) is 7.42. The van der Waals surface area contributed by atoms with Crippen molar-refractivity contribution in [1.29, 1.82) is 0 Å². The molecule has 2 N–H and O–H groups in total. The van der Waals surface area contributed by atoms with E-state index in [0.29, 0.717) is 18.7 Å². The van der Waals surface area contributed by atoms with Crippen LogP contribution in [0.5, 0.6) is 0 Å². The van der Waals surface area contributed by atoms with Crippen LogP contribution < -0.4 is 10.6 Å². The quantitative estimate of drug-likeness (QED) is 0.423. The Morgan fingerprint density at radius 2 is 1.71 bits per heavy atom. The van der Waals surface area contributed by atoms with Crippen LogP contribution in [-0.4, -0.2) is 38.7 Å². The molecule has 0 fully saturated rings. The Balaban J connectivity index is 1.55. The van der Waals surface area contributed by atoms with Crippen molar-refractivity contribution in [2.75, 3.05) is 18.4 Å². The minimum Gasteiger partial charge on any atom is -0.368 e. The van der Waals surface area contributed by atoms with E-state index < -0.39 is 0 Å². The molecule has 0 radical (unpaired) electrons. The zero-order valence-electron chi connectivity index (χ0n) is 17.7. The summed E-state index contributed by atoms with van der Waals surface area (Å²) >= 11 is 0. The van der Waals surface area contributed by atoms with Gasteiger partial charge in [-0.1, -0.05) is 50.2 Å². The monoisotopic (exact) mass is 414 g/mol. The molecular weight excluding hydrogens is 388 g/mol. The van der Waals surface area contributed by atoms with Crippen molar-refractivity contribution < 1.29 is 4.79 Å². The number of fused-ring (bicyclic) bond motifs is 1. The lowest BCUT2D eigenvalue weighted by atomic mass is 10.1. The third kappa shape index (κ3) is 4.55. The van der Waals surface area contributed by atoms with E-state index in [1.165, 1.54) is 0 Å². The smallest absolute Gasteiger partial charge is 0.251 e. The number of nitrogens with one attached hydrogen (secondary N) is 2. The van der Waals surface area contributed by atoms with Crippen molar-refractivity contribution in [2.24, 2.45) is 0 Å². The van der Waals surface area contributed by atoms with E-state index in [-0.39, 0.29) is 11.8 Å². The maximum atomic E-state index is 12.2. The number of nitrogens with zero attached hydrogens (tertiary/aromatic N) is 4. The lowest BCUT2D eigenvalue weighted by molar-refractivity contribution is 0.0955. The topological polar surface area (TPSA) is 84.7 Å². The average molecular weight is 415 g/mol. The molecule has 1 amide bonds. The van der Waals surface area contributed by atoms with Gasteiger partial charge in [0.2, 0.25) is 0 Å². The summed E-state index contributed by atoms with van der Waals surface area (Å²) in [4.78, 5) is 21.8. The molecule has 0 bridgehead atoms. The lowest BCUT2D eigenvalue weighted by Gasteiger charge is -2.13. The molecule has 158 valence electrons. The van der Waals surface area contributed by atoms with E-state index in [4.69, 9.17) is 9.97 Å². The van der Waals surface area contributed by atoms with Gasteiger partial charge >= 0.3 is 0 Å². The molecule has 0 saturated carbocycles. The number of amides is 1. The molecule has 7 heteroatoms. The molecule has 0 saturated heterocycles. The second kappa shape index (κ2) is 9.38. The maximum absolute atomic E-state index is 12.2. The third-order valence-electron chi connectivity index (χ3n) is 5.24. The molecule has 4 aromatic rings. The summed E-state index contributed by atoms with van der Waals surface area (Å²) in [6.45, 7) is 5.26. The van der Waals surface area contributed by atoms with Crippen LogP contribution in [0.4, 0.5) is 5.82 Å². The fourth-order valence-electron chi connectivity index (χ4n) is 3.27. The molecule has 0 unspecified atom stereocenters. The van der Waals surface area contributed by atoms with Crippen molar-refractivity contribution in [1.82, 2.24) is 25.1 Å². The van der Waals surface area contributed by atoms with Crippen molar-refractivity contribution in [3.05, 3.63) is 78.2 Å². The van der Waals surface area contributed by atoms with Gasteiger partial charge in [-0.3, -0.25) is 4.79 Å². The number of benzene rings is 2. The first-order valence-corrected chi connectivity index (χ1v) is 10.6. The van der Waals surface area contributed by atoms with Crippen molar-refractivity contribution in [3.8, 4) is 5.69 Å². The van der Waals surface area contributed by atoms with Crippen LogP contribution in [0.2, 0.25) is 0 Å². The molecule has 2 heterocycles. The summed E-state index contributed by atoms with van der Waals surface area (Å²) in [5.74, 6) is 1.65. The van der Waals surface area contributed by atoms with Crippen molar-refractivity contribution in [2.45, 2.75) is 26.2 Å². The molecule has 0 aliphatic carbocycles. The number of anilines is 1. The van der Waals surface area contributed by atoms with Crippen LogP contribution in [0.15, 0.2) is 66.9 Å². The Morgan fingerprint density at radius 3 is 2.42 bits per heavy atom. The van der Waals surface area contributed by atoms with Gasteiger partial charge in [-0.2, -0.15) is 5.10 Å². The van der Waals surface area contributed by atoms with Crippen LogP contribution in [0, 0.1) is 0 Å². The largest absolute Gasteiger partial charge is 0.368 e. The van der Waals surface area contributed by atoms with Gasteiger partial charge in [0, 0.05) is 24.6 Å². The lowest BCUT2D eigenvalue weighted by Crippen LogP contribution is -2.29. The number of hydrogen-bond acceptors (Lipinski definition) is 5. The Morgan fingerprint density at radius 1 is 1.00 bits per heavy atom. The van der Waals surface area contributed by atoms with E-state index in [2.05, 4.69) is 29.6 Å². The van der Waals surface area contributed by atoms with Crippen molar-refractivity contribution >= 4 is 22.8 Å². The summed E-state index contributed by atoms with van der Waals surface area (Å²) in [5, 5.41) is 11.7. The second-order valence-corrected chi connectivity index (χ2v) is 7.42. The molecule has 0 spiro atoms. The first kappa shape index (κ1) is 20.5. The number of carbonyl (C=O) groups excluding carboxylic acids is 1. The highest BCUT2D eigenvalue weighted by molar-refractivity contribution is 5.94. The molecule has 7 nitrogen and oxygen atoms in total. The summed E-state index contributed by atoms with van der Waals surface area (Å²) in [7, 11) is 0. The fourth-order valence-corrected chi connectivity index (χ4v) is 3.27. The van der Waals surface area contributed by atoms with Crippen molar-refractivity contribution in [3.63, 3.8) is 0 Å². The third-order valence-corrected chi connectivity index (χ3v) is 5.24. The highest BCUT2D eigenvalue weighted by Gasteiger charge is 2.16. The van der Waals surface area contributed by atoms with E-state index in [0.717, 1.165) is 34.8 Å². The van der Waals surface area contributed by atoms with Gasteiger partial charge in [0.05, 0.1) is 17.3 Å². The molecule has 0 aliphatic rings. The van der Waals surface area contributed by atoms with Gasteiger partial charge in [-0.25, -0.2) is 14.6 Å². The first-order valence-electron chi connectivity index (χ1n) is 10.6. The molecule has 0 aliphatic heterocycles. The predicted molar refractivity (Wildman–Crippen MR) is 123 cm³/mol. The number of hydrogen-bond donors (Lipinski definition) is 2. The van der Waals surface area contributed by atoms with Gasteiger partial charge in [0.15, 0.2) is 5.65 Å². The molecule has 2 aromatic heterocycles. The van der Waals surface area contributed by atoms with E-state index in [9.17, 15) is 4.79 Å². The standard InChI is InChI=1S/C24H26N6O/c1-3-17(2)21-28-22(25-14-15-26-24(31)18-10-6-4-7-11-18)20-16-27-30(23(20)29-21)19-12-8-5-9-13-19/h4-13,16-17H,3,14-15H2,1-2H3,(H,26,31)(H,25,28,29)/t17-/m1/s1. The Labute approximate surface area is 181 Å². The van der Waals surface area contributed by atoms with Gasteiger partial charge in [0.25, 0.3) is 5.91 Å². The van der Waals surface area contributed by atoms with Gasteiger partial charge in [-0.05, 0) is 30.7 Å². The number of aromatic nitrogens is 4. The van der Waals surface area contributed by atoms with Crippen LogP contribution in [0.3, 0.4) is 0 Å². The minimum atomic E-state index is -0.0903. The molecule has 4 rings (SSSR count). The minimum absolute atomic E-state index is 0.0903. The fraction of sp³-hybridized carbons (Fsp3) is 0.250. The van der Waals surface area contributed by atoms with Gasteiger partial charge in [0.1, 0.15) is 11.6 Å². The van der Waals surface area contributed by atoms with Gasteiger partial charge < -0.3 is 10.6 Å². The average Bonchev–Trinajstić information content (AvgIpc) is 3.26. The zero-order valence-corrected chi connectivity index (χ0v) is 17.7. The van der Waals surface area contributed by atoms with Crippen LogP contribution >= 0.6 is 0 Å². The highest BCUT2D eigenvalue weighted by atomic mass is 16.1. The molecule has 2 aromatic carbocycles. The van der Waals surface area contributed by atoms with Crippen LogP contribution in [0.1, 0.15) is 42.4 Å². The zero-order chi connectivity index (χ0) is 21.6. The number of para-hydroxylation sites is 1. The van der Waals surface area contributed by atoms with E-state index >= 15 is 0 Å². The Hall–Kier alpha value is -3.74. The Kier molecular flexibility index (Phi) is 6.21. The highest BCUT2D eigenvalue weighted by Crippen LogP contribution is 2.26. The van der Waals surface area contributed by atoms with E-state index in [1.807, 2.05) is 53.2 Å². The van der Waals surface area contributed by atoms with Crippen LogP contribution in [0.25, 0.3) is 16.7 Å². The normalized spacial score (nSPS) is 11.9. The molecular formula is C24H26N6O. The molecule has 31 heavy (non-hydrogen) atoms. The predicted octanol–water partition coefficient (Wildman–Crippen LogP) is 4.17.